The molecule has 4 rings (SSSR count). The fraction of sp³-hybridized carbons (Fsp3) is 0.227. The number of nitrogens with one attached hydrogen (secondary N) is 2. The lowest BCUT2D eigenvalue weighted by Crippen LogP contribution is -2.34. The highest BCUT2D eigenvalue weighted by molar-refractivity contribution is 7.80. The van der Waals surface area contributed by atoms with Gasteiger partial charge in [0.05, 0.1) is 5.56 Å². The summed E-state index contributed by atoms with van der Waals surface area (Å²) in [5.74, 6) is -0.756. The Kier molecular flexibility index (Phi) is 5.60. The summed E-state index contributed by atoms with van der Waals surface area (Å²) >= 11 is 6.87. The molecule has 29 heavy (non-hydrogen) atoms. The highest BCUT2D eigenvalue weighted by atomic mass is 32.1. The van der Waals surface area contributed by atoms with Crippen LogP contribution >= 0.6 is 23.6 Å². The molecule has 3 aromatic rings. The van der Waals surface area contributed by atoms with Crippen molar-refractivity contribution in [3.63, 3.8) is 0 Å². The van der Waals surface area contributed by atoms with Gasteiger partial charge < -0.3 is 11.1 Å². The van der Waals surface area contributed by atoms with Crippen LogP contribution in [0.25, 0.3) is 10.8 Å². The van der Waals surface area contributed by atoms with Gasteiger partial charge in [-0.2, -0.15) is 0 Å². The molecule has 2 aromatic carbocycles. The lowest BCUT2D eigenvalue weighted by atomic mass is 10.0. The standard InChI is InChI=1S/C22H21N3O2S2/c23-19(26)18-16-10-2-1-3-12-17(16)29-21(18)25-22(28)24-20(27)15-11-6-8-13-7-4-5-9-14(13)15/h4-9,11H,1-3,10,12H2,(H2,23,26)(H2,24,25,27,28). The molecule has 0 unspecified atom stereocenters. The van der Waals surface area contributed by atoms with Crippen LogP contribution in [0.15, 0.2) is 42.5 Å². The van der Waals surface area contributed by atoms with E-state index in [0.29, 0.717) is 16.1 Å². The molecule has 1 aromatic heterocycles. The summed E-state index contributed by atoms with van der Waals surface area (Å²) in [6.07, 6.45) is 5.10. The molecule has 1 heterocycles. The number of fused-ring (bicyclic) bond motifs is 2. The first kappa shape index (κ1) is 19.5. The quantitative estimate of drug-likeness (QED) is 0.431. The minimum absolute atomic E-state index is 0.154. The predicted molar refractivity (Wildman–Crippen MR) is 122 cm³/mol. The molecule has 2 amide bonds. The van der Waals surface area contributed by atoms with Gasteiger partial charge in [-0.15, -0.1) is 11.3 Å². The van der Waals surface area contributed by atoms with Gasteiger partial charge in [0, 0.05) is 10.4 Å². The number of thiophene rings is 1. The van der Waals surface area contributed by atoms with Gasteiger partial charge in [-0.3, -0.25) is 14.9 Å². The van der Waals surface area contributed by atoms with Crippen LogP contribution in [0.2, 0.25) is 0 Å². The Bertz CT molecular complexity index is 1120. The maximum Gasteiger partial charge on any atom is 0.258 e. The predicted octanol–water partition coefficient (Wildman–Crippen LogP) is 4.40. The van der Waals surface area contributed by atoms with E-state index in [4.69, 9.17) is 18.0 Å². The number of benzene rings is 2. The Morgan fingerprint density at radius 2 is 1.76 bits per heavy atom. The minimum atomic E-state index is -0.463. The number of hydrogen-bond donors (Lipinski definition) is 3. The van der Waals surface area contributed by atoms with Crippen LogP contribution in [0.5, 0.6) is 0 Å². The average Bonchev–Trinajstić information content (AvgIpc) is 2.88. The largest absolute Gasteiger partial charge is 0.365 e. The first-order chi connectivity index (χ1) is 14.0. The number of rotatable bonds is 3. The van der Waals surface area contributed by atoms with Crippen molar-refractivity contribution >= 4 is 56.3 Å². The van der Waals surface area contributed by atoms with Crippen LogP contribution in [-0.2, 0) is 12.8 Å². The Hall–Kier alpha value is -2.77. The van der Waals surface area contributed by atoms with E-state index in [1.54, 1.807) is 6.07 Å². The fourth-order valence-corrected chi connectivity index (χ4v) is 5.38. The van der Waals surface area contributed by atoms with Crippen molar-refractivity contribution in [2.24, 2.45) is 5.73 Å². The molecule has 0 radical (unpaired) electrons. The Labute approximate surface area is 178 Å². The lowest BCUT2D eigenvalue weighted by molar-refractivity contribution is 0.0977. The fourth-order valence-electron chi connectivity index (χ4n) is 3.82. The van der Waals surface area contributed by atoms with Crippen molar-refractivity contribution in [3.8, 4) is 0 Å². The zero-order valence-corrected chi connectivity index (χ0v) is 17.4. The molecule has 0 bridgehead atoms. The van der Waals surface area contributed by atoms with Gasteiger partial charge >= 0.3 is 0 Å². The number of carbonyl (C=O) groups excluding carboxylic acids is 2. The summed E-state index contributed by atoms with van der Waals surface area (Å²) in [5, 5.41) is 8.38. The van der Waals surface area contributed by atoms with E-state index < -0.39 is 5.91 Å². The molecule has 5 nitrogen and oxygen atoms in total. The topological polar surface area (TPSA) is 84.2 Å². The van der Waals surface area contributed by atoms with E-state index in [0.717, 1.165) is 48.4 Å². The number of amides is 2. The maximum atomic E-state index is 12.8. The van der Waals surface area contributed by atoms with Gasteiger partial charge in [-0.25, -0.2) is 0 Å². The molecular weight excluding hydrogens is 402 g/mol. The van der Waals surface area contributed by atoms with Crippen LogP contribution in [-0.4, -0.2) is 16.9 Å². The summed E-state index contributed by atoms with van der Waals surface area (Å²) in [6.45, 7) is 0. The third-order valence-electron chi connectivity index (χ3n) is 5.16. The van der Waals surface area contributed by atoms with Crippen molar-refractivity contribution in [1.82, 2.24) is 5.32 Å². The maximum absolute atomic E-state index is 12.8. The third-order valence-corrected chi connectivity index (χ3v) is 6.57. The van der Waals surface area contributed by atoms with Crippen molar-refractivity contribution in [2.45, 2.75) is 32.1 Å². The molecule has 0 fully saturated rings. The Balaban J connectivity index is 1.56. The SMILES string of the molecule is NC(=O)c1c(NC(=S)NC(=O)c2cccc3ccccc23)sc2c1CCCCC2. The summed E-state index contributed by atoms with van der Waals surface area (Å²) < 4.78 is 0. The molecular formula is C22H21N3O2S2. The number of hydrogen-bond acceptors (Lipinski definition) is 4. The van der Waals surface area contributed by atoms with Crippen molar-refractivity contribution in [2.75, 3.05) is 5.32 Å². The molecule has 1 aliphatic rings. The first-order valence-electron chi connectivity index (χ1n) is 9.59. The Morgan fingerprint density at radius 3 is 2.59 bits per heavy atom. The van der Waals surface area contributed by atoms with Gasteiger partial charge in [0.2, 0.25) is 0 Å². The van der Waals surface area contributed by atoms with E-state index >= 15 is 0 Å². The number of nitrogens with two attached hydrogens (primary N) is 1. The van der Waals surface area contributed by atoms with E-state index in [2.05, 4.69) is 10.6 Å². The molecule has 0 atom stereocenters. The van der Waals surface area contributed by atoms with Gasteiger partial charge in [-0.1, -0.05) is 42.8 Å². The van der Waals surface area contributed by atoms with E-state index in [1.165, 1.54) is 16.2 Å². The van der Waals surface area contributed by atoms with Crippen LogP contribution in [0.4, 0.5) is 5.00 Å². The van der Waals surface area contributed by atoms with E-state index in [9.17, 15) is 9.59 Å². The first-order valence-corrected chi connectivity index (χ1v) is 10.8. The average molecular weight is 424 g/mol. The number of aryl methyl sites for hydroxylation is 1. The highest BCUT2D eigenvalue weighted by Gasteiger charge is 2.24. The van der Waals surface area contributed by atoms with Crippen LogP contribution in [0, 0.1) is 0 Å². The second kappa shape index (κ2) is 8.31. The molecule has 0 saturated carbocycles. The monoisotopic (exact) mass is 423 g/mol. The second-order valence-corrected chi connectivity index (χ2v) is 8.58. The smallest absolute Gasteiger partial charge is 0.258 e. The van der Waals surface area contributed by atoms with Crippen molar-refractivity contribution < 1.29 is 9.59 Å². The van der Waals surface area contributed by atoms with Gasteiger partial charge in [0.1, 0.15) is 5.00 Å². The number of primary amides is 1. The van der Waals surface area contributed by atoms with Crippen LogP contribution < -0.4 is 16.4 Å². The molecule has 0 spiro atoms. The molecule has 4 N–H and O–H groups in total. The summed E-state index contributed by atoms with van der Waals surface area (Å²) in [6, 6.07) is 13.3. The molecule has 0 aliphatic heterocycles. The van der Waals surface area contributed by atoms with Crippen molar-refractivity contribution in [3.05, 3.63) is 64.0 Å². The summed E-state index contributed by atoms with van der Waals surface area (Å²) in [7, 11) is 0. The second-order valence-electron chi connectivity index (χ2n) is 7.07. The zero-order valence-electron chi connectivity index (χ0n) is 15.8. The molecule has 148 valence electrons. The molecule has 7 heteroatoms. The van der Waals surface area contributed by atoms with Crippen LogP contribution in [0.3, 0.4) is 0 Å². The minimum Gasteiger partial charge on any atom is -0.365 e. The lowest BCUT2D eigenvalue weighted by Gasteiger charge is -2.11. The molecule has 0 saturated heterocycles. The summed E-state index contributed by atoms with van der Waals surface area (Å²) in [5.41, 5.74) is 7.75. The highest BCUT2D eigenvalue weighted by Crippen LogP contribution is 2.37. The molecule has 1 aliphatic carbocycles. The Morgan fingerprint density at radius 1 is 1.00 bits per heavy atom. The van der Waals surface area contributed by atoms with Gasteiger partial charge in [-0.05, 0) is 60.3 Å². The third kappa shape index (κ3) is 4.02. The van der Waals surface area contributed by atoms with Crippen molar-refractivity contribution in [1.29, 1.82) is 0 Å². The van der Waals surface area contributed by atoms with E-state index in [-0.39, 0.29) is 11.0 Å². The van der Waals surface area contributed by atoms with Gasteiger partial charge in [0.15, 0.2) is 5.11 Å². The number of anilines is 1. The van der Waals surface area contributed by atoms with Gasteiger partial charge in [0.25, 0.3) is 11.8 Å². The van der Waals surface area contributed by atoms with E-state index in [1.807, 2.05) is 36.4 Å². The zero-order chi connectivity index (χ0) is 20.4. The normalized spacial score (nSPS) is 13.4. The number of carbonyl (C=O) groups is 2. The van der Waals surface area contributed by atoms with Crippen LogP contribution in [0.1, 0.15) is 50.4 Å². The summed E-state index contributed by atoms with van der Waals surface area (Å²) in [4.78, 5) is 26.1. The number of thiocarbonyl (C=S) groups is 1.